The maximum atomic E-state index is 13.4. The Bertz CT molecular complexity index is 933. The van der Waals surface area contributed by atoms with Crippen LogP contribution < -0.4 is 0 Å². The van der Waals surface area contributed by atoms with Gasteiger partial charge >= 0.3 is 11.9 Å². The topological polar surface area (TPSA) is 107 Å². The number of allylic oxidation sites excluding steroid dienone is 4. The fraction of sp³-hybridized carbons (Fsp3) is 0.680. The van der Waals surface area contributed by atoms with Gasteiger partial charge in [-0.05, 0) is 56.1 Å². The number of Topliss-reactive ketones (excluding diaryl/α,β-unsaturated/α-hetero) is 1. The minimum atomic E-state index is -1.43. The second-order valence-corrected chi connectivity index (χ2v) is 10.4. The minimum absolute atomic E-state index is 0.0168. The first kappa shape index (κ1) is 22.9. The van der Waals surface area contributed by atoms with Crippen LogP contribution in [0.2, 0.25) is 0 Å². The standard InChI is InChI=1S/C25H32O7/c1-14(26)31-13-21(30)25(32-15(2)27)10-8-19-18-6-5-16-11-17(28)7-9-23(16,3)22(18)20(29)12-24(19,25)4/h7,9,11,18-20,22,29H,5-6,8,10,12-13H2,1-4H3/t18-,19-,20-,22+,23-,24-,25-/m0/s1. The summed E-state index contributed by atoms with van der Waals surface area (Å²) in [5.41, 5.74) is -1.56. The molecule has 0 spiro atoms. The lowest BCUT2D eigenvalue weighted by atomic mass is 9.46. The van der Waals surface area contributed by atoms with Crippen molar-refractivity contribution in [2.45, 2.75) is 71.5 Å². The van der Waals surface area contributed by atoms with Crippen LogP contribution in [-0.4, -0.2) is 46.9 Å². The molecule has 0 aromatic carbocycles. The summed E-state index contributed by atoms with van der Waals surface area (Å²) < 4.78 is 10.8. The highest BCUT2D eigenvalue weighted by Crippen LogP contribution is 2.67. The van der Waals surface area contributed by atoms with Crippen LogP contribution in [0.5, 0.6) is 0 Å². The Hall–Kier alpha value is -2.28. The van der Waals surface area contributed by atoms with E-state index in [9.17, 15) is 24.3 Å². The van der Waals surface area contributed by atoms with Crippen molar-refractivity contribution in [2.75, 3.05) is 6.61 Å². The van der Waals surface area contributed by atoms with E-state index in [4.69, 9.17) is 9.47 Å². The highest BCUT2D eigenvalue weighted by atomic mass is 16.6. The molecular weight excluding hydrogens is 412 g/mol. The number of hydrogen-bond donors (Lipinski definition) is 1. The third-order valence-electron chi connectivity index (χ3n) is 8.79. The number of aliphatic hydroxyl groups excluding tert-OH is 1. The maximum Gasteiger partial charge on any atom is 0.303 e. The molecule has 0 aliphatic heterocycles. The summed E-state index contributed by atoms with van der Waals surface area (Å²) in [4.78, 5) is 48.8. The molecule has 1 N–H and O–H groups in total. The van der Waals surface area contributed by atoms with E-state index in [-0.39, 0.29) is 23.5 Å². The zero-order valence-electron chi connectivity index (χ0n) is 19.2. The summed E-state index contributed by atoms with van der Waals surface area (Å²) in [5.74, 6) is -1.49. The van der Waals surface area contributed by atoms with Gasteiger partial charge in [0.1, 0.15) is 0 Å². The second-order valence-electron chi connectivity index (χ2n) is 10.4. The van der Waals surface area contributed by atoms with Gasteiger partial charge in [0.25, 0.3) is 0 Å². The maximum absolute atomic E-state index is 13.4. The molecule has 0 radical (unpaired) electrons. The van der Waals surface area contributed by atoms with E-state index in [1.54, 1.807) is 12.2 Å². The number of carbonyl (C=O) groups is 4. The number of carbonyl (C=O) groups excluding carboxylic acids is 4. The van der Waals surface area contributed by atoms with E-state index in [0.29, 0.717) is 19.3 Å². The number of aliphatic hydroxyl groups is 1. The average Bonchev–Trinajstić information content (AvgIpc) is 2.98. The van der Waals surface area contributed by atoms with E-state index in [1.165, 1.54) is 13.8 Å². The predicted molar refractivity (Wildman–Crippen MR) is 114 cm³/mol. The van der Waals surface area contributed by atoms with Crippen molar-refractivity contribution in [1.82, 2.24) is 0 Å². The Kier molecular flexibility index (Phi) is 5.47. The van der Waals surface area contributed by atoms with Crippen molar-refractivity contribution in [3.05, 3.63) is 23.8 Å². The van der Waals surface area contributed by atoms with Crippen molar-refractivity contribution in [2.24, 2.45) is 28.6 Å². The lowest BCUT2D eigenvalue weighted by Crippen LogP contribution is -2.63. The first-order chi connectivity index (χ1) is 14.9. The van der Waals surface area contributed by atoms with Crippen LogP contribution in [0.3, 0.4) is 0 Å². The Balaban J connectivity index is 1.73. The normalized spacial score (nSPS) is 42.3. The monoisotopic (exact) mass is 444 g/mol. The lowest BCUT2D eigenvalue weighted by molar-refractivity contribution is -0.199. The number of hydrogen-bond acceptors (Lipinski definition) is 7. The van der Waals surface area contributed by atoms with Gasteiger partial charge in [0, 0.05) is 30.6 Å². The number of rotatable bonds is 4. The van der Waals surface area contributed by atoms with Crippen LogP contribution in [0, 0.1) is 28.6 Å². The van der Waals surface area contributed by atoms with Crippen molar-refractivity contribution < 1.29 is 33.8 Å². The lowest BCUT2D eigenvalue weighted by Gasteiger charge is -2.59. The van der Waals surface area contributed by atoms with Gasteiger partial charge in [0.2, 0.25) is 5.78 Å². The summed E-state index contributed by atoms with van der Waals surface area (Å²) in [6, 6.07) is 0. The zero-order chi connectivity index (χ0) is 23.5. The van der Waals surface area contributed by atoms with Gasteiger partial charge in [-0.3, -0.25) is 19.2 Å². The minimum Gasteiger partial charge on any atom is -0.458 e. The summed E-state index contributed by atoms with van der Waals surface area (Å²) in [7, 11) is 0. The Labute approximate surface area is 188 Å². The van der Waals surface area contributed by atoms with E-state index in [2.05, 4.69) is 6.92 Å². The number of fused-ring (bicyclic) bond motifs is 5. The number of ketones is 2. The number of ether oxygens (including phenoxy) is 2. The first-order valence-corrected chi connectivity index (χ1v) is 11.4. The molecule has 0 amide bonds. The molecule has 0 saturated heterocycles. The van der Waals surface area contributed by atoms with Gasteiger partial charge in [0.05, 0.1) is 6.10 Å². The Morgan fingerprint density at radius 1 is 1.16 bits per heavy atom. The molecule has 0 unspecified atom stereocenters. The van der Waals surface area contributed by atoms with Gasteiger partial charge in [0.15, 0.2) is 18.0 Å². The molecule has 0 aromatic rings. The van der Waals surface area contributed by atoms with Crippen LogP contribution in [0.25, 0.3) is 0 Å². The molecule has 4 aliphatic rings. The fourth-order valence-electron chi connectivity index (χ4n) is 7.53. The molecule has 32 heavy (non-hydrogen) atoms. The molecule has 3 saturated carbocycles. The van der Waals surface area contributed by atoms with E-state index in [1.807, 2.05) is 13.0 Å². The van der Waals surface area contributed by atoms with Crippen molar-refractivity contribution in [3.63, 3.8) is 0 Å². The van der Waals surface area contributed by atoms with Crippen LogP contribution in [0.4, 0.5) is 0 Å². The molecule has 174 valence electrons. The van der Waals surface area contributed by atoms with Crippen molar-refractivity contribution >= 4 is 23.5 Å². The first-order valence-electron chi connectivity index (χ1n) is 11.4. The molecule has 3 fully saturated rings. The molecular formula is C25H32O7. The van der Waals surface area contributed by atoms with Gasteiger partial charge in [-0.1, -0.05) is 25.5 Å². The quantitative estimate of drug-likeness (QED) is 0.664. The van der Waals surface area contributed by atoms with E-state index in [0.717, 1.165) is 18.4 Å². The van der Waals surface area contributed by atoms with Gasteiger partial charge < -0.3 is 14.6 Å². The van der Waals surface area contributed by atoms with Gasteiger partial charge in [-0.2, -0.15) is 0 Å². The highest BCUT2D eigenvalue weighted by molar-refractivity contribution is 6.01. The van der Waals surface area contributed by atoms with Crippen LogP contribution in [0.15, 0.2) is 23.8 Å². The molecule has 7 nitrogen and oxygen atoms in total. The van der Waals surface area contributed by atoms with Crippen LogP contribution in [-0.2, 0) is 28.7 Å². The molecule has 4 rings (SSSR count). The van der Waals surface area contributed by atoms with Gasteiger partial charge in [-0.25, -0.2) is 0 Å². The van der Waals surface area contributed by atoms with E-state index < -0.39 is 46.9 Å². The third kappa shape index (κ3) is 3.19. The van der Waals surface area contributed by atoms with E-state index >= 15 is 0 Å². The molecule has 7 heteroatoms. The molecule has 0 aromatic heterocycles. The SMILES string of the molecule is CC(=O)OCC(=O)[C@@]1(OC(C)=O)CC[C@H]2[C@@H]3CCC4=CC(=O)C=C[C@]4(C)[C@H]3[C@@H](O)C[C@@]21C. The summed E-state index contributed by atoms with van der Waals surface area (Å²) in [6.45, 7) is 6.08. The summed E-state index contributed by atoms with van der Waals surface area (Å²) in [5, 5.41) is 11.5. The number of esters is 2. The molecule has 7 atom stereocenters. The molecule has 0 heterocycles. The largest absolute Gasteiger partial charge is 0.458 e. The fourth-order valence-corrected chi connectivity index (χ4v) is 7.53. The van der Waals surface area contributed by atoms with Crippen LogP contribution in [0.1, 0.15) is 59.8 Å². The van der Waals surface area contributed by atoms with Crippen molar-refractivity contribution in [1.29, 1.82) is 0 Å². The third-order valence-corrected chi connectivity index (χ3v) is 8.79. The summed E-state index contributed by atoms with van der Waals surface area (Å²) in [6.07, 6.45) is 7.38. The average molecular weight is 445 g/mol. The van der Waals surface area contributed by atoms with Crippen molar-refractivity contribution in [3.8, 4) is 0 Å². The predicted octanol–water partition coefficient (Wildman–Crippen LogP) is 2.70. The zero-order valence-corrected chi connectivity index (χ0v) is 19.2. The van der Waals surface area contributed by atoms with Crippen LogP contribution >= 0.6 is 0 Å². The Morgan fingerprint density at radius 3 is 2.53 bits per heavy atom. The smallest absolute Gasteiger partial charge is 0.303 e. The highest BCUT2D eigenvalue weighted by Gasteiger charge is 2.70. The second kappa shape index (κ2) is 7.65. The molecule has 0 bridgehead atoms. The summed E-state index contributed by atoms with van der Waals surface area (Å²) >= 11 is 0. The Morgan fingerprint density at radius 2 is 1.88 bits per heavy atom. The van der Waals surface area contributed by atoms with Gasteiger partial charge in [-0.15, -0.1) is 0 Å². The molecule has 4 aliphatic carbocycles.